The zero-order chi connectivity index (χ0) is 12.3. The zero-order valence-electron chi connectivity index (χ0n) is 11.2. The number of nitrogens with two attached hydrogens (primary N) is 1. The fourth-order valence-corrected chi connectivity index (χ4v) is 3.77. The smallest absolute Gasteiger partial charge is 0.0700 e. The van der Waals surface area contributed by atoms with Crippen molar-refractivity contribution < 1.29 is 5.11 Å². The SMILES string of the molecule is CCC(CCN)N1CCC2(O)CCCCC2C1. The summed E-state index contributed by atoms with van der Waals surface area (Å²) in [6.45, 7) is 5.19. The van der Waals surface area contributed by atoms with E-state index in [1.165, 1.54) is 25.7 Å². The van der Waals surface area contributed by atoms with Gasteiger partial charge in [0.1, 0.15) is 0 Å². The summed E-state index contributed by atoms with van der Waals surface area (Å²) in [6, 6.07) is 0.631. The van der Waals surface area contributed by atoms with E-state index in [1.807, 2.05) is 0 Å². The molecular formula is C14H28N2O. The number of rotatable bonds is 4. The summed E-state index contributed by atoms with van der Waals surface area (Å²) in [4.78, 5) is 2.58. The maximum atomic E-state index is 10.6. The van der Waals surface area contributed by atoms with Crippen LogP contribution in [-0.4, -0.2) is 41.3 Å². The van der Waals surface area contributed by atoms with E-state index < -0.39 is 0 Å². The van der Waals surface area contributed by atoms with Crippen LogP contribution in [0.25, 0.3) is 0 Å². The Labute approximate surface area is 105 Å². The summed E-state index contributed by atoms with van der Waals surface area (Å²) in [7, 11) is 0. The minimum atomic E-state index is -0.338. The highest BCUT2D eigenvalue weighted by atomic mass is 16.3. The highest BCUT2D eigenvalue weighted by molar-refractivity contribution is 4.96. The molecule has 3 heteroatoms. The van der Waals surface area contributed by atoms with Gasteiger partial charge in [0.05, 0.1) is 5.60 Å². The van der Waals surface area contributed by atoms with Crippen molar-refractivity contribution >= 4 is 0 Å². The minimum Gasteiger partial charge on any atom is -0.390 e. The summed E-state index contributed by atoms with van der Waals surface area (Å²) in [6.07, 6.45) is 8.01. The number of hydrogen-bond donors (Lipinski definition) is 2. The Kier molecular flexibility index (Phi) is 4.45. The molecule has 2 aliphatic rings. The van der Waals surface area contributed by atoms with E-state index in [0.29, 0.717) is 12.0 Å². The normalized spacial score (nSPS) is 36.5. The molecular weight excluding hydrogens is 212 g/mol. The van der Waals surface area contributed by atoms with Gasteiger partial charge in [0.15, 0.2) is 0 Å². The van der Waals surface area contributed by atoms with Gasteiger partial charge in [-0.05, 0) is 38.6 Å². The van der Waals surface area contributed by atoms with Gasteiger partial charge >= 0.3 is 0 Å². The van der Waals surface area contributed by atoms with Crippen LogP contribution in [0.1, 0.15) is 51.9 Å². The van der Waals surface area contributed by atoms with Crippen LogP contribution in [0.2, 0.25) is 0 Å². The van der Waals surface area contributed by atoms with Gasteiger partial charge < -0.3 is 10.8 Å². The van der Waals surface area contributed by atoms with Gasteiger partial charge in [0, 0.05) is 25.0 Å². The first kappa shape index (κ1) is 13.3. The van der Waals surface area contributed by atoms with Crippen LogP contribution in [0.5, 0.6) is 0 Å². The lowest BCUT2D eigenvalue weighted by Crippen LogP contribution is -2.55. The lowest BCUT2D eigenvalue weighted by molar-refractivity contribution is -0.103. The second-order valence-electron chi connectivity index (χ2n) is 5.93. The Morgan fingerprint density at radius 3 is 2.94 bits per heavy atom. The molecule has 17 heavy (non-hydrogen) atoms. The molecule has 0 radical (unpaired) electrons. The van der Waals surface area contributed by atoms with Crippen molar-refractivity contribution in [3.63, 3.8) is 0 Å². The number of nitrogens with zero attached hydrogens (tertiary/aromatic N) is 1. The molecule has 3 atom stereocenters. The van der Waals surface area contributed by atoms with E-state index in [4.69, 9.17) is 5.73 Å². The Bertz CT molecular complexity index is 246. The Hall–Kier alpha value is -0.120. The monoisotopic (exact) mass is 240 g/mol. The number of hydrogen-bond acceptors (Lipinski definition) is 3. The Morgan fingerprint density at radius 1 is 1.41 bits per heavy atom. The van der Waals surface area contributed by atoms with Gasteiger partial charge in [0.25, 0.3) is 0 Å². The van der Waals surface area contributed by atoms with Crippen molar-refractivity contribution in [3.8, 4) is 0 Å². The van der Waals surface area contributed by atoms with Gasteiger partial charge in [-0.1, -0.05) is 19.8 Å². The maximum absolute atomic E-state index is 10.6. The quantitative estimate of drug-likeness (QED) is 0.787. The average molecular weight is 240 g/mol. The van der Waals surface area contributed by atoms with E-state index in [1.54, 1.807) is 0 Å². The Balaban J connectivity index is 1.96. The molecule has 0 amide bonds. The third kappa shape index (κ3) is 2.83. The summed E-state index contributed by atoms with van der Waals surface area (Å²) >= 11 is 0. The second-order valence-corrected chi connectivity index (χ2v) is 5.93. The molecule has 3 nitrogen and oxygen atoms in total. The summed E-state index contributed by atoms with van der Waals surface area (Å²) in [5, 5.41) is 10.6. The molecule has 0 spiro atoms. The second kappa shape index (κ2) is 5.68. The van der Waals surface area contributed by atoms with Crippen LogP contribution >= 0.6 is 0 Å². The van der Waals surface area contributed by atoms with Crippen molar-refractivity contribution in [2.45, 2.75) is 63.5 Å². The predicted molar refractivity (Wildman–Crippen MR) is 70.8 cm³/mol. The van der Waals surface area contributed by atoms with Crippen molar-refractivity contribution in [2.75, 3.05) is 19.6 Å². The number of fused-ring (bicyclic) bond motifs is 1. The molecule has 1 heterocycles. The molecule has 1 saturated carbocycles. The zero-order valence-corrected chi connectivity index (χ0v) is 11.2. The van der Waals surface area contributed by atoms with Gasteiger partial charge in [0.2, 0.25) is 0 Å². The van der Waals surface area contributed by atoms with E-state index >= 15 is 0 Å². The molecule has 0 bridgehead atoms. The van der Waals surface area contributed by atoms with Gasteiger partial charge in [-0.3, -0.25) is 4.90 Å². The largest absolute Gasteiger partial charge is 0.390 e. The molecule has 1 aliphatic heterocycles. The van der Waals surface area contributed by atoms with Crippen LogP contribution < -0.4 is 5.73 Å². The predicted octanol–water partition coefficient (Wildman–Crippen LogP) is 1.74. The van der Waals surface area contributed by atoms with Crippen LogP contribution in [0.15, 0.2) is 0 Å². The van der Waals surface area contributed by atoms with Crippen molar-refractivity contribution in [2.24, 2.45) is 11.7 Å². The topological polar surface area (TPSA) is 49.5 Å². The van der Waals surface area contributed by atoms with Crippen LogP contribution in [0, 0.1) is 5.92 Å². The van der Waals surface area contributed by atoms with E-state index in [-0.39, 0.29) is 5.60 Å². The third-order valence-corrected chi connectivity index (χ3v) is 4.95. The standard InChI is InChI=1S/C14H28N2O/c1-2-13(6-9-15)16-10-8-14(17)7-4-3-5-12(14)11-16/h12-13,17H,2-11,15H2,1H3. The van der Waals surface area contributed by atoms with Gasteiger partial charge in [-0.2, -0.15) is 0 Å². The van der Waals surface area contributed by atoms with Crippen molar-refractivity contribution in [3.05, 3.63) is 0 Å². The van der Waals surface area contributed by atoms with E-state index in [9.17, 15) is 5.11 Å². The van der Waals surface area contributed by atoms with E-state index in [0.717, 1.165) is 38.9 Å². The lowest BCUT2D eigenvalue weighted by Gasteiger charge is -2.49. The fraction of sp³-hybridized carbons (Fsp3) is 1.00. The number of aliphatic hydroxyl groups is 1. The Morgan fingerprint density at radius 2 is 2.24 bits per heavy atom. The summed E-state index contributed by atoms with van der Waals surface area (Å²) in [5.41, 5.74) is 5.36. The average Bonchev–Trinajstić information content (AvgIpc) is 2.35. The summed E-state index contributed by atoms with van der Waals surface area (Å²) in [5.74, 6) is 0.511. The molecule has 3 N–H and O–H groups in total. The van der Waals surface area contributed by atoms with Crippen LogP contribution in [0.3, 0.4) is 0 Å². The van der Waals surface area contributed by atoms with Crippen LogP contribution in [-0.2, 0) is 0 Å². The minimum absolute atomic E-state index is 0.338. The molecule has 0 aromatic carbocycles. The molecule has 1 saturated heterocycles. The van der Waals surface area contributed by atoms with Crippen LogP contribution in [0.4, 0.5) is 0 Å². The maximum Gasteiger partial charge on any atom is 0.0700 e. The van der Waals surface area contributed by atoms with Crippen molar-refractivity contribution in [1.29, 1.82) is 0 Å². The van der Waals surface area contributed by atoms with Gasteiger partial charge in [-0.25, -0.2) is 0 Å². The molecule has 1 aliphatic carbocycles. The fourth-order valence-electron chi connectivity index (χ4n) is 3.77. The highest BCUT2D eigenvalue weighted by Gasteiger charge is 2.43. The van der Waals surface area contributed by atoms with E-state index in [2.05, 4.69) is 11.8 Å². The third-order valence-electron chi connectivity index (χ3n) is 4.95. The molecule has 2 rings (SSSR count). The molecule has 0 aromatic rings. The first-order valence-electron chi connectivity index (χ1n) is 7.36. The first-order chi connectivity index (χ1) is 8.19. The van der Waals surface area contributed by atoms with Gasteiger partial charge in [-0.15, -0.1) is 0 Å². The lowest BCUT2D eigenvalue weighted by atomic mass is 9.71. The summed E-state index contributed by atoms with van der Waals surface area (Å²) < 4.78 is 0. The molecule has 100 valence electrons. The molecule has 2 fully saturated rings. The molecule has 3 unspecified atom stereocenters. The molecule has 0 aromatic heterocycles. The van der Waals surface area contributed by atoms with Crippen molar-refractivity contribution in [1.82, 2.24) is 4.90 Å². The first-order valence-corrected chi connectivity index (χ1v) is 7.36. The number of likely N-dealkylation sites (tertiary alicyclic amines) is 1. The highest BCUT2D eigenvalue weighted by Crippen LogP contribution is 2.40. The number of piperidine rings is 1.